The standard InChI is InChI=1S/C23H19N5O3S/c1-13-6-10-32-20(13)19-14-11-16(30-2)17(31-3)12-15(14)23(29)28(19)18-5-9-26-22(27-18)21-24-7-4-8-25-21/h4-12,19H,1-3H3. The normalized spacial score (nSPS) is 15.0. The maximum atomic E-state index is 13.7. The van der Waals surface area contributed by atoms with Gasteiger partial charge in [-0.3, -0.25) is 9.69 Å². The molecule has 5 rings (SSSR count). The fraction of sp³-hybridized carbons (Fsp3) is 0.174. The highest BCUT2D eigenvalue weighted by atomic mass is 32.1. The van der Waals surface area contributed by atoms with Crippen LogP contribution in [0.1, 0.15) is 32.4 Å². The second-order valence-electron chi connectivity index (χ2n) is 7.15. The van der Waals surface area contributed by atoms with E-state index in [0.717, 1.165) is 16.0 Å². The number of anilines is 1. The van der Waals surface area contributed by atoms with Crippen LogP contribution >= 0.6 is 11.3 Å². The van der Waals surface area contributed by atoms with E-state index < -0.39 is 0 Å². The molecule has 9 heteroatoms. The number of nitrogens with zero attached hydrogens (tertiary/aromatic N) is 5. The van der Waals surface area contributed by atoms with Gasteiger partial charge in [-0.1, -0.05) is 0 Å². The van der Waals surface area contributed by atoms with Crippen LogP contribution < -0.4 is 14.4 Å². The first kappa shape index (κ1) is 20.1. The van der Waals surface area contributed by atoms with Crippen molar-refractivity contribution in [2.45, 2.75) is 13.0 Å². The van der Waals surface area contributed by atoms with E-state index >= 15 is 0 Å². The van der Waals surface area contributed by atoms with Crippen molar-refractivity contribution in [1.82, 2.24) is 19.9 Å². The SMILES string of the molecule is COc1cc2c(cc1OC)C(c1sccc1C)N(c1ccnc(-c3ncccn3)n1)C2=O. The van der Waals surface area contributed by atoms with Crippen molar-refractivity contribution in [3.63, 3.8) is 0 Å². The van der Waals surface area contributed by atoms with Crippen molar-refractivity contribution in [2.75, 3.05) is 19.1 Å². The van der Waals surface area contributed by atoms with E-state index in [1.807, 2.05) is 24.4 Å². The number of aryl methyl sites for hydroxylation is 1. The Morgan fingerprint density at radius 2 is 1.69 bits per heavy atom. The van der Waals surface area contributed by atoms with Crippen molar-refractivity contribution in [1.29, 1.82) is 0 Å². The van der Waals surface area contributed by atoms with Crippen LogP contribution in [0, 0.1) is 6.92 Å². The quantitative estimate of drug-likeness (QED) is 0.457. The molecule has 1 aliphatic rings. The summed E-state index contributed by atoms with van der Waals surface area (Å²) in [5, 5.41) is 2.02. The van der Waals surface area contributed by atoms with Crippen LogP contribution in [0.25, 0.3) is 11.6 Å². The van der Waals surface area contributed by atoms with E-state index in [1.54, 1.807) is 67.2 Å². The molecule has 1 amide bonds. The van der Waals surface area contributed by atoms with Gasteiger partial charge >= 0.3 is 0 Å². The monoisotopic (exact) mass is 445 g/mol. The summed E-state index contributed by atoms with van der Waals surface area (Å²) in [4.78, 5) is 33.8. The zero-order chi connectivity index (χ0) is 22.2. The summed E-state index contributed by atoms with van der Waals surface area (Å²) in [6, 6.07) is 8.75. The van der Waals surface area contributed by atoms with E-state index in [1.165, 1.54) is 0 Å². The summed E-state index contributed by atoms with van der Waals surface area (Å²) in [5.41, 5.74) is 2.49. The maximum Gasteiger partial charge on any atom is 0.260 e. The number of carbonyl (C=O) groups excluding carboxylic acids is 1. The van der Waals surface area contributed by atoms with Crippen LogP contribution in [0.2, 0.25) is 0 Å². The number of hydrogen-bond donors (Lipinski definition) is 0. The van der Waals surface area contributed by atoms with Gasteiger partial charge in [0.25, 0.3) is 5.91 Å². The first-order valence-electron chi connectivity index (χ1n) is 9.86. The van der Waals surface area contributed by atoms with Crippen molar-refractivity contribution < 1.29 is 14.3 Å². The molecule has 3 aromatic heterocycles. The highest BCUT2D eigenvalue weighted by Crippen LogP contribution is 2.47. The molecule has 1 aliphatic heterocycles. The molecular formula is C23H19N5O3S. The van der Waals surface area contributed by atoms with Crippen LogP contribution in [0.4, 0.5) is 5.82 Å². The predicted octanol–water partition coefficient (Wildman–Crippen LogP) is 4.07. The Balaban J connectivity index is 1.69. The van der Waals surface area contributed by atoms with Gasteiger partial charge in [-0.05, 0) is 53.8 Å². The smallest absolute Gasteiger partial charge is 0.260 e. The lowest BCUT2D eigenvalue weighted by atomic mass is 10.0. The summed E-state index contributed by atoms with van der Waals surface area (Å²) in [7, 11) is 3.14. The first-order valence-corrected chi connectivity index (χ1v) is 10.7. The third kappa shape index (κ3) is 3.18. The summed E-state index contributed by atoms with van der Waals surface area (Å²) in [6.07, 6.45) is 4.88. The molecule has 1 unspecified atom stereocenters. The topological polar surface area (TPSA) is 90.3 Å². The van der Waals surface area contributed by atoms with E-state index in [2.05, 4.69) is 19.9 Å². The number of thiophene rings is 1. The van der Waals surface area contributed by atoms with Gasteiger partial charge < -0.3 is 9.47 Å². The number of methoxy groups -OCH3 is 2. The zero-order valence-electron chi connectivity index (χ0n) is 17.6. The molecule has 4 heterocycles. The lowest BCUT2D eigenvalue weighted by Crippen LogP contribution is -2.29. The molecule has 0 saturated heterocycles. The molecule has 32 heavy (non-hydrogen) atoms. The summed E-state index contributed by atoms with van der Waals surface area (Å²) >= 11 is 1.60. The number of fused-ring (bicyclic) bond motifs is 1. The number of rotatable bonds is 5. The molecule has 0 aliphatic carbocycles. The van der Waals surface area contributed by atoms with Crippen molar-refractivity contribution in [2.24, 2.45) is 0 Å². The predicted molar refractivity (Wildman–Crippen MR) is 120 cm³/mol. The molecule has 1 atom stereocenters. The summed E-state index contributed by atoms with van der Waals surface area (Å²) in [5.74, 6) is 2.12. The van der Waals surface area contributed by atoms with Crippen molar-refractivity contribution in [3.05, 3.63) is 75.9 Å². The van der Waals surface area contributed by atoms with E-state index in [4.69, 9.17) is 9.47 Å². The molecule has 0 spiro atoms. The average Bonchev–Trinajstić information content (AvgIpc) is 3.38. The van der Waals surface area contributed by atoms with E-state index in [-0.39, 0.29) is 11.9 Å². The molecule has 0 radical (unpaired) electrons. The van der Waals surface area contributed by atoms with Gasteiger partial charge in [0.2, 0.25) is 0 Å². The largest absolute Gasteiger partial charge is 0.493 e. The van der Waals surface area contributed by atoms with Gasteiger partial charge in [0.05, 0.1) is 20.3 Å². The van der Waals surface area contributed by atoms with Gasteiger partial charge in [-0.15, -0.1) is 11.3 Å². The highest BCUT2D eigenvalue weighted by molar-refractivity contribution is 7.10. The van der Waals surface area contributed by atoms with Crippen molar-refractivity contribution >= 4 is 23.1 Å². The minimum absolute atomic E-state index is 0.169. The van der Waals surface area contributed by atoms with Crippen LogP contribution in [-0.4, -0.2) is 40.1 Å². The summed E-state index contributed by atoms with van der Waals surface area (Å²) in [6.45, 7) is 2.04. The Labute approximate surface area is 188 Å². The number of aromatic nitrogens is 4. The van der Waals surface area contributed by atoms with E-state index in [9.17, 15) is 4.79 Å². The lowest BCUT2D eigenvalue weighted by molar-refractivity contribution is 0.0992. The average molecular weight is 446 g/mol. The van der Waals surface area contributed by atoms with Gasteiger partial charge in [0.1, 0.15) is 5.82 Å². The Bertz CT molecular complexity index is 1310. The molecule has 4 aromatic rings. The Hall–Kier alpha value is -3.85. The number of amides is 1. The van der Waals surface area contributed by atoms with Crippen LogP contribution in [0.15, 0.2) is 54.3 Å². The molecule has 1 aromatic carbocycles. The van der Waals surface area contributed by atoms with E-state index in [0.29, 0.717) is 34.5 Å². The zero-order valence-corrected chi connectivity index (χ0v) is 18.5. The van der Waals surface area contributed by atoms with Gasteiger partial charge in [0.15, 0.2) is 23.1 Å². The van der Waals surface area contributed by atoms with Gasteiger partial charge in [-0.2, -0.15) is 0 Å². The first-order chi connectivity index (χ1) is 15.6. The fourth-order valence-corrected chi connectivity index (χ4v) is 4.89. The number of ether oxygens (including phenoxy) is 2. The Kier molecular flexibility index (Phi) is 5.02. The van der Waals surface area contributed by atoms with Gasteiger partial charge in [-0.25, -0.2) is 19.9 Å². The van der Waals surface area contributed by atoms with Crippen molar-refractivity contribution in [3.8, 4) is 23.1 Å². The summed E-state index contributed by atoms with van der Waals surface area (Å²) < 4.78 is 11.0. The molecule has 0 saturated carbocycles. The lowest BCUT2D eigenvalue weighted by Gasteiger charge is -2.24. The third-order valence-corrected chi connectivity index (χ3v) is 6.43. The second kappa shape index (κ2) is 8.01. The second-order valence-corrected chi connectivity index (χ2v) is 8.10. The molecule has 160 valence electrons. The number of hydrogen-bond acceptors (Lipinski definition) is 8. The Morgan fingerprint density at radius 1 is 0.969 bits per heavy atom. The maximum absolute atomic E-state index is 13.7. The van der Waals surface area contributed by atoms with Crippen LogP contribution in [-0.2, 0) is 0 Å². The third-order valence-electron chi connectivity index (χ3n) is 5.36. The number of carbonyl (C=O) groups is 1. The molecule has 8 nitrogen and oxygen atoms in total. The fourth-order valence-electron chi connectivity index (χ4n) is 3.86. The molecule has 0 fully saturated rings. The number of benzene rings is 1. The van der Waals surface area contributed by atoms with Crippen LogP contribution in [0.5, 0.6) is 11.5 Å². The van der Waals surface area contributed by atoms with Gasteiger partial charge in [0, 0.05) is 29.0 Å². The molecule has 0 bridgehead atoms. The highest BCUT2D eigenvalue weighted by Gasteiger charge is 2.42. The van der Waals surface area contributed by atoms with Crippen LogP contribution in [0.3, 0.4) is 0 Å². The molecular weight excluding hydrogens is 426 g/mol. The minimum atomic E-state index is -0.350. The Morgan fingerprint density at radius 3 is 2.38 bits per heavy atom. The minimum Gasteiger partial charge on any atom is -0.493 e. The molecule has 0 N–H and O–H groups in total.